The molecule has 0 saturated heterocycles. The van der Waals surface area contributed by atoms with E-state index in [1.54, 1.807) is 30.3 Å². The third-order valence-corrected chi connectivity index (χ3v) is 3.22. The van der Waals surface area contributed by atoms with Crippen molar-refractivity contribution in [3.8, 4) is 6.07 Å². The lowest BCUT2D eigenvalue weighted by atomic mass is 10.1. The number of benzene rings is 2. The van der Waals surface area contributed by atoms with Crippen LogP contribution in [0, 0.1) is 18.3 Å². The molecule has 0 aliphatic heterocycles. The molecule has 0 aromatic heterocycles. The minimum Gasteiger partial charge on any atom is -0.478 e. The summed E-state index contributed by atoms with van der Waals surface area (Å²) < 4.78 is 0. The van der Waals surface area contributed by atoms with Gasteiger partial charge in [-0.3, -0.25) is 0 Å². The molecule has 0 radical (unpaired) electrons. The van der Waals surface area contributed by atoms with Gasteiger partial charge in [-0.2, -0.15) is 5.26 Å². The number of rotatable bonds is 3. The van der Waals surface area contributed by atoms with Crippen LogP contribution < -0.4 is 4.90 Å². The molecule has 2 rings (SSSR count). The maximum Gasteiger partial charge on any atom is 0.335 e. The zero-order valence-corrected chi connectivity index (χ0v) is 11.3. The predicted octanol–water partition coefficient (Wildman–Crippen LogP) is 3.33. The number of carboxylic acids is 1. The molecule has 2 aromatic carbocycles. The lowest BCUT2D eigenvalue weighted by Gasteiger charge is -2.20. The SMILES string of the molecule is Cc1cc(N(C)c2ccc(C(=O)O)cc2)ccc1C#N. The molecule has 0 heterocycles. The van der Waals surface area contributed by atoms with E-state index in [-0.39, 0.29) is 5.56 Å². The van der Waals surface area contributed by atoms with Crippen LogP contribution in [0.2, 0.25) is 0 Å². The van der Waals surface area contributed by atoms with Gasteiger partial charge in [0.15, 0.2) is 0 Å². The maximum absolute atomic E-state index is 10.8. The van der Waals surface area contributed by atoms with Crippen LogP contribution in [0.5, 0.6) is 0 Å². The normalized spacial score (nSPS) is 9.85. The zero-order valence-electron chi connectivity index (χ0n) is 11.3. The van der Waals surface area contributed by atoms with Crippen LogP contribution in [0.4, 0.5) is 11.4 Å². The van der Waals surface area contributed by atoms with Crippen molar-refractivity contribution in [2.24, 2.45) is 0 Å². The molecular formula is C16H14N2O2. The minimum atomic E-state index is -0.937. The second-order valence-corrected chi connectivity index (χ2v) is 4.52. The second-order valence-electron chi connectivity index (χ2n) is 4.52. The zero-order chi connectivity index (χ0) is 14.7. The fourth-order valence-corrected chi connectivity index (χ4v) is 1.96. The van der Waals surface area contributed by atoms with Crippen LogP contribution in [0.25, 0.3) is 0 Å². The predicted molar refractivity (Wildman–Crippen MR) is 77.4 cm³/mol. The molecule has 0 amide bonds. The quantitative estimate of drug-likeness (QED) is 0.925. The van der Waals surface area contributed by atoms with E-state index in [0.717, 1.165) is 16.9 Å². The number of hydrogen-bond donors (Lipinski definition) is 1. The first-order valence-corrected chi connectivity index (χ1v) is 6.11. The lowest BCUT2D eigenvalue weighted by molar-refractivity contribution is 0.0697. The van der Waals surface area contributed by atoms with Gasteiger partial charge >= 0.3 is 5.97 Å². The van der Waals surface area contributed by atoms with E-state index in [9.17, 15) is 4.79 Å². The van der Waals surface area contributed by atoms with Gasteiger partial charge in [-0.15, -0.1) is 0 Å². The highest BCUT2D eigenvalue weighted by molar-refractivity contribution is 5.88. The van der Waals surface area contributed by atoms with Gasteiger partial charge in [-0.05, 0) is 55.0 Å². The molecule has 20 heavy (non-hydrogen) atoms. The summed E-state index contributed by atoms with van der Waals surface area (Å²) >= 11 is 0. The Kier molecular flexibility index (Phi) is 3.72. The van der Waals surface area contributed by atoms with Crippen molar-refractivity contribution < 1.29 is 9.90 Å². The Labute approximate surface area is 117 Å². The average Bonchev–Trinajstić information content (AvgIpc) is 2.46. The number of nitriles is 1. The highest BCUT2D eigenvalue weighted by Gasteiger charge is 2.08. The molecule has 2 aromatic rings. The first-order chi connectivity index (χ1) is 9.52. The van der Waals surface area contributed by atoms with Crippen LogP contribution in [0.3, 0.4) is 0 Å². The number of hydrogen-bond acceptors (Lipinski definition) is 3. The molecule has 0 fully saturated rings. The van der Waals surface area contributed by atoms with Gasteiger partial charge in [0.05, 0.1) is 17.2 Å². The molecule has 0 spiro atoms. The van der Waals surface area contributed by atoms with E-state index in [1.165, 1.54) is 0 Å². The molecule has 0 bridgehead atoms. The number of aromatic carboxylic acids is 1. The summed E-state index contributed by atoms with van der Waals surface area (Å²) in [5.41, 5.74) is 3.67. The molecular weight excluding hydrogens is 252 g/mol. The van der Waals surface area contributed by atoms with Gasteiger partial charge in [-0.25, -0.2) is 4.79 Å². The van der Waals surface area contributed by atoms with Crippen molar-refractivity contribution in [1.29, 1.82) is 5.26 Å². The fourth-order valence-electron chi connectivity index (χ4n) is 1.96. The van der Waals surface area contributed by atoms with Gasteiger partial charge in [0.1, 0.15) is 0 Å². The summed E-state index contributed by atoms with van der Waals surface area (Å²) in [6.45, 7) is 1.89. The summed E-state index contributed by atoms with van der Waals surface area (Å²) in [5.74, 6) is -0.937. The van der Waals surface area contributed by atoms with Crippen molar-refractivity contribution in [1.82, 2.24) is 0 Å². The third kappa shape index (κ3) is 2.62. The van der Waals surface area contributed by atoms with Crippen molar-refractivity contribution in [3.05, 3.63) is 59.2 Å². The van der Waals surface area contributed by atoms with Crippen LogP contribution in [0.15, 0.2) is 42.5 Å². The van der Waals surface area contributed by atoms with E-state index >= 15 is 0 Å². The van der Waals surface area contributed by atoms with Gasteiger partial charge < -0.3 is 10.0 Å². The van der Waals surface area contributed by atoms with E-state index in [1.807, 2.05) is 31.0 Å². The van der Waals surface area contributed by atoms with Gasteiger partial charge in [0, 0.05) is 18.4 Å². The highest BCUT2D eigenvalue weighted by atomic mass is 16.4. The number of carbonyl (C=O) groups is 1. The molecule has 0 saturated carbocycles. The molecule has 0 unspecified atom stereocenters. The summed E-state index contributed by atoms with van der Waals surface area (Å²) in [6, 6.07) is 14.4. The summed E-state index contributed by atoms with van der Waals surface area (Å²) in [6.07, 6.45) is 0. The Bertz CT molecular complexity index is 685. The fraction of sp³-hybridized carbons (Fsp3) is 0.125. The second kappa shape index (κ2) is 5.45. The van der Waals surface area contributed by atoms with E-state index in [4.69, 9.17) is 10.4 Å². The van der Waals surface area contributed by atoms with Gasteiger partial charge in [0.2, 0.25) is 0 Å². The number of carboxylic acid groups (broad SMARTS) is 1. The van der Waals surface area contributed by atoms with Crippen LogP contribution in [-0.4, -0.2) is 18.1 Å². The summed E-state index contributed by atoms with van der Waals surface area (Å²) in [5, 5.41) is 17.8. The van der Waals surface area contributed by atoms with Crippen molar-refractivity contribution >= 4 is 17.3 Å². The standard InChI is InChI=1S/C16H14N2O2/c1-11-9-15(8-5-13(11)10-17)18(2)14-6-3-12(4-7-14)16(19)20/h3-9H,1-2H3,(H,19,20). The van der Waals surface area contributed by atoms with E-state index in [2.05, 4.69) is 6.07 Å². The first kappa shape index (κ1) is 13.6. The average molecular weight is 266 g/mol. The van der Waals surface area contributed by atoms with Crippen molar-refractivity contribution in [3.63, 3.8) is 0 Å². The van der Waals surface area contributed by atoms with E-state index in [0.29, 0.717) is 5.56 Å². The Morgan fingerprint density at radius 1 is 1.15 bits per heavy atom. The van der Waals surface area contributed by atoms with Crippen LogP contribution in [0.1, 0.15) is 21.5 Å². The molecule has 100 valence electrons. The van der Waals surface area contributed by atoms with E-state index < -0.39 is 5.97 Å². The molecule has 0 aliphatic carbocycles. The van der Waals surface area contributed by atoms with Gasteiger partial charge in [0.25, 0.3) is 0 Å². The third-order valence-electron chi connectivity index (χ3n) is 3.22. The molecule has 0 atom stereocenters. The van der Waals surface area contributed by atoms with Gasteiger partial charge in [-0.1, -0.05) is 0 Å². The summed E-state index contributed by atoms with van der Waals surface area (Å²) in [7, 11) is 1.90. The number of nitrogens with zero attached hydrogens (tertiary/aromatic N) is 2. The molecule has 4 heteroatoms. The van der Waals surface area contributed by atoms with Crippen LogP contribution in [-0.2, 0) is 0 Å². The Hall–Kier alpha value is -2.80. The van der Waals surface area contributed by atoms with Crippen molar-refractivity contribution in [2.45, 2.75) is 6.92 Å². The summed E-state index contributed by atoms with van der Waals surface area (Å²) in [4.78, 5) is 12.8. The monoisotopic (exact) mass is 266 g/mol. The van der Waals surface area contributed by atoms with Crippen molar-refractivity contribution in [2.75, 3.05) is 11.9 Å². The molecule has 1 N–H and O–H groups in total. The minimum absolute atomic E-state index is 0.262. The maximum atomic E-state index is 10.8. The molecule has 4 nitrogen and oxygen atoms in total. The Balaban J connectivity index is 2.31. The topological polar surface area (TPSA) is 64.3 Å². The Morgan fingerprint density at radius 3 is 2.25 bits per heavy atom. The Morgan fingerprint density at radius 2 is 1.75 bits per heavy atom. The first-order valence-electron chi connectivity index (χ1n) is 6.11. The highest BCUT2D eigenvalue weighted by Crippen LogP contribution is 2.25. The smallest absolute Gasteiger partial charge is 0.335 e. The number of aryl methyl sites for hydroxylation is 1. The number of anilines is 2. The van der Waals surface area contributed by atoms with Crippen LogP contribution >= 0.6 is 0 Å². The lowest BCUT2D eigenvalue weighted by Crippen LogP contribution is -2.10. The largest absolute Gasteiger partial charge is 0.478 e. The molecule has 0 aliphatic rings.